The van der Waals surface area contributed by atoms with Crippen LogP contribution >= 0.6 is 11.6 Å². The summed E-state index contributed by atoms with van der Waals surface area (Å²) in [6.07, 6.45) is 4.06. The van der Waals surface area contributed by atoms with Crippen LogP contribution < -0.4 is 5.32 Å². The molecule has 1 aliphatic heterocycles. The molecule has 3 aromatic rings. The number of hydrogen-bond acceptors (Lipinski definition) is 2. The minimum Gasteiger partial charge on any atom is -0.344 e. The number of imidazole rings is 1. The quantitative estimate of drug-likeness (QED) is 0.801. The van der Waals surface area contributed by atoms with E-state index in [1.54, 1.807) is 0 Å². The third-order valence-electron chi connectivity index (χ3n) is 5.00. The minimum atomic E-state index is 0.810. The molecule has 1 N–H and O–H groups in total. The molecule has 0 radical (unpaired) electrons. The van der Waals surface area contributed by atoms with Crippen molar-refractivity contribution in [2.24, 2.45) is 7.05 Å². The Morgan fingerprint density at radius 2 is 2.22 bits per heavy atom. The molecule has 0 bridgehead atoms. The molecular weight excluding hydrogens is 308 g/mol. The van der Waals surface area contributed by atoms with Crippen LogP contribution in [0.4, 0.5) is 0 Å². The van der Waals surface area contributed by atoms with E-state index >= 15 is 0 Å². The van der Waals surface area contributed by atoms with Gasteiger partial charge in [0.15, 0.2) is 0 Å². The van der Waals surface area contributed by atoms with E-state index in [0.29, 0.717) is 0 Å². The maximum Gasteiger partial charge on any atom is 0.105 e. The van der Waals surface area contributed by atoms with E-state index in [1.165, 1.54) is 27.9 Å². The molecule has 4 rings (SSSR count). The van der Waals surface area contributed by atoms with Gasteiger partial charge in [0, 0.05) is 73.0 Å². The van der Waals surface area contributed by atoms with E-state index in [0.717, 1.165) is 43.3 Å². The van der Waals surface area contributed by atoms with Gasteiger partial charge in [0.1, 0.15) is 5.82 Å². The number of hydrogen-bond donors (Lipinski definition) is 1. The van der Waals surface area contributed by atoms with Crippen molar-refractivity contribution in [2.75, 3.05) is 6.54 Å². The van der Waals surface area contributed by atoms with Gasteiger partial charge in [-0.3, -0.25) is 0 Å². The topological polar surface area (TPSA) is 34.8 Å². The van der Waals surface area contributed by atoms with Crippen LogP contribution in [0, 0.1) is 6.92 Å². The summed E-state index contributed by atoms with van der Waals surface area (Å²) in [6, 6.07) is 6.26. The number of benzene rings is 1. The first kappa shape index (κ1) is 14.8. The summed E-state index contributed by atoms with van der Waals surface area (Å²) >= 11 is 6.23. The van der Waals surface area contributed by atoms with E-state index in [2.05, 4.69) is 38.6 Å². The van der Waals surface area contributed by atoms with Crippen LogP contribution in [0.15, 0.2) is 24.4 Å². The molecule has 0 fully saturated rings. The normalized spacial score (nSPS) is 14.4. The average molecular weight is 329 g/mol. The van der Waals surface area contributed by atoms with Crippen molar-refractivity contribution < 1.29 is 0 Å². The number of nitrogens with one attached hydrogen (secondary N) is 1. The molecule has 0 atom stereocenters. The van der Waals surface area contributed by atoms with Crippen LogP contribution in [-0.2, 0) is 33.0 Å². The summed E-state index contributed by atoms with van der Waals surface area (Å²) in [6.45, 7) is 5.00. The van der Waals surface area contributed by atoms with Gasteiger partial charge in [-0.1, -0.05) is 11.6 Å². The summed E-state index contributed by atoms with van der Waals surface area (Å²) in [5, 5.41) is 5.58. The van der Waals surface area contributed by atoms with Gasteiger partial charge in [0.2, 0.25) is 0 Å². The zero-order valence-electron chi connectivity index (χ0n) is 13.6. The maximum atomic E-state index is 6.23. The Hall–Kier alpha value is -1.78. The van der Waals surface area contributed by atoms with E-state index in [9.17, 15) is 0 Å². The van der Waals surface area contributed by atoms with Crippen molar-refractivity contribution in [2.45, 2.75) is 32.9 Å². The minimum absolute atomic E-state index is 0.810. The number of rotatable bonds is 3. The third kappa shape index (κ3) is 2.46. The lowest BCUT2D eigenvalue weighted by molar-refractivity contribution is 0.588. The largest absolute Gasteiger partial charge is 0.344 e. The Balaban J connectivity index is 1.75. The molecule has 5 heteroatoms. The number of aromatic nitrogens is 3. The van der Waals surface area contributed by atoms with Crippen LogP contribution in [0.3, 0.4) is 0 Å². The van der Waals surface area contributed by atoms with E-state index < -0.39 is 0 Å². The second-order valence-corrected chi connectivity index (χ2v) is 6.71. The van der Waals surface area contributed by atoms with Crippen LogP contribution in [0.5, 0.6) is 0 Å². The van der Waals surface area contributed by atoms with Gasteiger partial charge in [0.05, 0.1) is 0 Å². The fourth-order valence-electron chi connectivity index (χ4n) is 3.62. The molecule has 2 aromatic heterocycles. The first-order valence-electron chi connectivity index (χ1n) is 8.12. The first-order chi connectivity index (χ1) is 11.1. The van der Waals surface area contributed by atoms with E-state index in [4.69, 9.17) is 11.6 Å². The summed E-state index contributed by atoms with van der Waals surface area (Å²) < 4.78 is 4.65. The van der Waals surface area contributed by atoms with Gasteiger partial charge in [-0.25, -0.2) is 4.98 Å². The molecule has 0 amide bonds. The van der Waals surface area contributed by atoms with E-state index in [-0.39, 0.29) is 0 Å². The Morgan fingerprint density at radius 3 is 3.00 bits per heavy atom. The maximum absolute atomic E-state index is 6.23. The molecule has 0 spiro atoms. The van der Waals surface area contributed by atoms with Gasteiger partial charge in [-0.05, 0) is 30.7 Å². The van der Waals surface area contributed by atoms with Crippen molar-refractivity contribution in [1.29, 1.82) is 0 Å². The standard InChI is InChI=1S/C18H21ClN4/c1-12-21-10-14(22(12)2)6-8-23-17-4-3-13(19)9-15(17)16-11-20-7-5-18(16)23/h3-4,9-10,20H,5-8,11H2,1-2H3. The van der Waals surface area contributed by atoms with Crippen molar-refractivity contribution in [3.63, 3.8) is 0 Å². The van der Waals surface area contributed by atoms with Crippen molar-refractivity contribution >= 4 is 22.5 Å². The molecular formula is C18H21ClN4. The predicted molar refractivity (Wildman–Crippen MR) is 94.0 cm³/mol. The summed E-state index contributed by atoms with van der Waals surface area (Å²) in [7, 11) is 2.09. The van der Waals surface area contributed by atoms with Crippen LogP contribution in [0.1, 0.15) is 22.8 Å². The molecule has 3 heterocycles. The Kier molecular flexibility index (Phi) is 3.66. The van der Waals surface area contributed by atoms with Crippen molar-refractivity contribution in [3.05, 3.63) is 52.2 Å². The first-order valence-corrected chi connectivity index (χ1v) is 8.50. The molecule has 0 aliphatic carbocycles. The third-order valence-corrected chi connectivity index (χ3v) is 5.23. The summed E-state index contributed by atoms with van der Waals surface area (Å²) in [5.74, 6) is 1.07. The smallest absolute Gasteiger partial charge is 0.105 e. The molecule has 0 saturated carbocycles. The fraction of sp³-hybridized carbons (Fsp3) is 0.389. The number of fused-ring (bicyclic) bond motifs is 3. The Labute approximate surface area is 141 Å². The lowest BCUT2D eigenvalue weighted by Gasteiger charge is -2.17. The number of halogens is 1. The van der Waals surface area contributed by atoms with Gasteiger partial charge < -0.3 is 14.5 Å². The lowest BCUT2D eigenvalue weighted by atomic mass is 10.1. The highest BCUT2D eigenvalue weighted by atomic mass is 35.5. The second-order valence-electron chi connectivity index (χ2n) is 6.27. The van der Waals surface area contributed by atoms with Gasteiger partial charge in [-0.2, -0.15) is 0 Å². The van der Waals surface area contributed by atoms with Crippen molar-refractivity contribution in [1.82, 2.24) is 19.4 Å². The molecule has 1 aliphatic rings. The fourth-order valence-corrected chi connectivity index (χ4v) is 3.79. The molecule has 4 nitrogen and oxygen atoms in total. The lowest BCUT2D eigenvalue weighted by Crippen LogP contribution is -2.25. The predicted octanol–water partition coefficient (Wildman–Crippen LogP) is 3.23. The number of aryl methyl sites for hydroxylation is 3. The van der Waals surface area contributed by atoms with Gasteiger partial charge in [-0.15, -0.1) is 0 Å². The Morgan fingerprint density at radius 1 is 1.35 bits per heavy atom. The second kappa shape index (κ2) is 5.69. The molecule has 1 aromatic carbocycles. The SMILES string of the molecule is Cc1ncc(CCn2c3c(c4cc(Cl)ccc42)CNCC3)n1C. The monoisotopic (exact) mass is 328 g/mol. The highest BCUT2D eigenvalue weighted by molar-refractivity contribution is 6.31. The Bertz CT molecular complexity index is 875. The summed E-state index contributed by atoms with van der Waals surface area (Å²) in [4.78, 5) is 4.40. The highest BCUT2D eigenvalue weighted by Crippen LogP contribution is 2.31. The molecule has 0 saturated heterocycles. The molecule has 23 heavy (non-hydrogen) atoms. The average Bonchev–Trinajstić information content (AvgIpc) is 3.04. The number of nitrogens with zero attached hydrogens (tertiary/aromatic N) is 3. The van der Waals surface area contributed by atoms with E-state index in [1.807, 2.05) is 19.2 Å². The zero-order valence-corrected chi connectivity index (χ0v) is 14.3. The molecule has 0 unspecified atom stereocenters. The van der Waals surface area contributed by atoms with Gasteiger partial charge in [0.25, 0.3) is 0 Å². The van der Waals surface area contributed by atoms with Crippen molar-refractivity contribution in [3.8, 4) is 0 Å². The van der Waals surface area contributed by atoms with Crippen LogP contribution in [0.25, 0.3) is 10.9 Å². The van der Waals surface area contributed by atoms with Crippen LogP contribution in [-0.4, -0.2) is 20.7 Å². The zero-order chi connectivity index (χ0) is 16.0. The highest BCUT2D eigenvalue weighted by Gasteiger charge is 2.20. The summed E-state index contributed by atoms with van der Waals surface area (Å²) in [5.41, 5.74) is 5.44. The van der Waals surface area contributed by atoms with Gasteiger partial charge >= 0.3 is 0 Å². The van der Waals surface area contributed by atoms with Crippen LogP contribution in [0.2, 0.25) is 5.02 Å². The molecule has 120 valence electrons.